The summed E-state index contributed by atoms with van der Waals surface area (Å²) in [6, 6.07) is 13.6. The minimum Gasteiger partial charge on any atom is -0.486 e. The van der Waals surface area contributed by atoms with Gasteiger partial charge in [-0.2, -0.15) is 0 Å². The van der Waals surface area contributed by atoms with Gasteiger partial charge < -0.3 is 19.7 Å². The Hall–Kier alpha value is -2.44. The Kier molecular flexibility index (Phi) is 7.43. The highest BCUT2D eigenvalue weighted by molar-refractivity contribution is 6.30. The van der Waals surface area contributed by atoms with Crippen molar-refractivity contribution in [2.45, 2.75) is 43.9 Å². The standard InChI is InChI=1S/C24H26Cl2N2O4/c25-13-22(29)28(14-19-15-31-20-7-3-4-8-21(20)32-19)23(16-9-11-17(26)12-10-16)24(30)27-18-5-1-2-6-18/h3-4,7-12,18-19,23H,1-2,5-6,13-15H2,(H,27,30)/t19-,23+/m1/s1. The number of para-hydroxylation sites is 2. The number of carbonyl (C=O) groups is 2. The molecule has 0 aromatic heterocycles. The highest BCUT2D eigenvalue weighted by atomic mass is 35.5. The molecule has 1 heterocycles. The molecule has 0 spiro atoms. The number of fused-ring (bicyclic) bond motifs is 1. The van der Waals surface area contributed by atoms with Gasteiger partial charge >= 0.3 is 0 Å². The second-order valence-corrected chi connectivity index (χ2v) is 8.83. The molecule has 0 unspecified atom stereocenters. The molecule has 1 N–H and O–H groups in total. The Balaban J connectivity index is 1.60. The molecule has 1 aliphatic heterocycles. The second kappa shape index (κ2) is 10.5. The summed E-state index contributed by atoms with van der Waals surface area (Å²) in [7, 11) is 0. The van der Waals surface area contributed by atoms with E-state index in [1.54, 1.807) is 24.3 Å². The molecule has 2 aliphatic rings. The van der Waals surface area contributed by atoms with Crippen LogP contribution in [0.2, 0.25) is 5.02 Å². The van der Waals surface area contributed by atoms with Crippen LogP contribution in [0.3, 0.4) is 0 Å². The van der Waals surface area contributed by atoms with Gasteiger partial charge in [-0.1, -0.05) is 48.7 Å². The van der Waals surface area contributed by atoms with Gasteiger partial charge in [0.25, 0.3) is 0 Å². The van der Waals surface area contributed by atoms with Crippen LogP contribution >= 0.6 is 23.2 Å². The molecule has 2 atom stereocenters. The zero-order valence-electron chi connectivity index (χ0n) is 17.6. The summed E-state index contributed by atoms with van der Waals surface area (Å²) >= 11 is 12.0. The Morgan fingerprint density at radius 3 is 2.44 bits per heavy atom. The number of nitrogens with one attached hydrogen (secondary N) is 1. The number of amides is 2. The van der Waals surface area contributed by atoms with Crippen LogP contribution in [-0.2, 0) is 9.59 Å². The Bertz CT molecular complexity index is 947. The Morgan fingerprint density at radius 1 is 1.06 bits per heavy atom. The van der Waals surface area contributed by atoms with E-state index in [9.17, 15) is 9.59 Å². The number of benzene rings is 2. The zero-order chi connectivity index (χ0) is 22.5. The van der Waals surface area contributed by atoms with Crippen LogP contribution in [-0.4, -0.2) is 47.9 Å². The summed E-state index contributed by atoms with van der Waals surface area (Å²) in [5, 5.41) is 3.68. The van der Waals surface area contributed by atoms with E-state index in [-0.39, 0.29) is 36.9 Å². The number of carbonyl (C=O) groups excluding carboxylic acids is 2. The van der Waals surface area contributed by atoms with E-state index < -0.39 is 12.1 Å². The van der Waals surface area contributed by atoms with Crippen molar-refractivity contribution in [3.05, 3.63) is 59.1 Å². The van der Waals surface area contributed by atoms with Crippen LogP contribution < -0.4 is 14.8 Å². The summed E-state index contributed by atoms with van der Waals surface area (Å²) in [5.41, 5.74) is 0.667. The van der Waals surface area contributed by atoms with Gasteiger partial charge in [0.1, 0.15) is 18.5 Å². The maximum Gasteiger partial charge on any atom is 0.247 e. The number of hydrogen-bond donors (Lipinski definition) is 1. The number of halogens is 2. The van der Waals surface area contributed by atoms with Crippen molar-refractivity contribution in [2.24, 2.45) is 0 Å². The summed E-state index contributed by atoms with van der Waals surface area (Å²) in [6.45, 7) is 0.423. The Morgan fingerprint density at radius 2 is 1.75 bits per heavy atom. The highest BCUT2D eigenvalue weighted by Gasteiger charge is 2.35. The molecule has 2 amide bonds. The molecule has 1 fully saturated rings. The molecule has 0 saturated heterocycles. The normalized spacial score (nSPS) is 18.8. The third kappa shape index (κ3) is 5.30. The molecule has 6 nitrogen and oxygen atoms in total. The fourth-order valence-electron chi connectivity index (χ4n) is 4.27. The fourth-order valence-corrected chi connectivity index (χ4v) is 4.55. The molecule has 2 aromatic carbocycles. The van der Waals surface area contributed by atoms with Gasteiger partial charge in [-0.15, -0.1) is 11.6 Å². The van der Waals surface area contributed by atoms with Gasteiger partial charge in [0.15, 0.2) is 17.6 Å². The maximum absolute atomic E-state index is 13.4. The van der Waals surface area contributed by atoms with Crippen molar-refractivity contribution in [3.8, 4) is 11.5 Å². The molecule has 1 aliphatic carbocycles. The van der Waals surface area contributed by atoms with E-state index in [0.717, 1.165) is 25.7 Å². The summed E-state index contributed by atoms with van der Waals surface area (Å²) < 4.78 is 11.9. The first-order chi connectivity index (χ1) is 15.5. The van der Waals surface area contributed by atoms with Crippen molar-refractivity contribution in [1.29, 1.82) is 0 Å². The molecule has 1 saturated carbocycles. The first-order valence-electron chi connectivity index (χ1n) is 10.8. The van der Waals surface area contributed by atoms with Crippen LogP contribution in [0, 0.1) is 0 Å². The third-order valence-electron chi connectivity index (χ3n) is 5.85. The minimum atomic E-state index is -0.847. The van der Waals surface area contributed by atoms with Gasteiger partial charge in [-0.05, 0) is 42.7 Å². The lowest BCUT2D eigenvalue weighted by Crippen LogP contribution is -2.51. The van der Waals surface area contributed by atoms with E-state index in [0.29, 0.717) is 22.1 Å². The largest absolute Gasteiger partial charge is 0.486 e. The van der Waals surface area contributed by atoms with Crippen molar-refractivity contribution in [2.75, 3.05) is 19.0 Å². The van der Waals surface area contributed by atoms with E-state index in [1.165, 1.54) is 4.90 Å². The predicted molar refractivity (Wildman–Crippen MR) is 123 cm³/mol. The molecule has 0 bridgehead atoms. The van der Waals surface area contributed by atoms with Crippen LogP contribution in [0.25, 0.3) is 0 Å². The minimum absolute atomic E-state index is 0.117. The van der Waals surface area contributed by atoms with Crippen LogP contribution in [0.4, 0.5) is 0 Å². The fraction of sp³-hybridized carbons (Fsp3) is 0.417. The van der Waals surface area contributed by atoms with Gasteiger partial charge in [0, 0.05) is 11.1 Å². The summed E-state index contributed by atoms with van der Waals surface area (Å²) in [6.07, 6.45) is 3.63. The lowest BCUT2D eigenvalue weighted by Gasteiger charge is -2.36. The van der Waals surface area contributed by atoms with Crippen molar-refractivity contribution < 1.29 is 19.1 Å². The Labute approximate surface area is 197 Å². The average molecular weight is 477 g/mol. The molecule has 170 valence electrons. The maximum atomic E-state index is 13.4. The molecular formula is C24H26Cl2N2O4. The van der Waals surface area contributed by atoms with Crippen molar-refractivity contribution in [3.63, 3.8) is 0 Å². The molecule has 4 rings (SSSR count). The summed E-state index contributed by atoms with van der Waals surface area (Å²) in [5.74, 6) is 0.448. The molecule has 2 aromatic rings. The lowest BCUT2D eigenvalue weighted by molar-refractivity contribution is -0.141. The monoisotopic (exact) mass is 476 g/mol. The zero-order valence-corrected chi connectivity index (χ0v) is 19.1. The predicted octanol–water partition coefficient (Wildman–Crippen LogP) is 4.35. The number of ether oxygens (including phenoxy) is 2. The number of hydrogen-bond acceptors (Lipinski definition) is 4. The third-order valence-corrected chi connectivity index (χ3v) is 6.33. The number of alkyl halides is 1. The van der Waals surface area contributed by atoms with Gasteiger partial charge in [0.05, 0.1) is 6.54 Å². The van der Waals surface area contributed by atoms with E-state index >= 15 is 0 Å². The van der Waals surface area contributed by atoms with Gasteiger partial charge in [0.2, 0.25) is 11.8 Å². The lowest BCUT2D eigenvalue weighted by atomic mass is 10.0. The van der Waals surface area contributed by atoms with Crippen LogP contribution in [0.1, 0.15) is 37.3 Å². The SMILES string of the molecule is O=C(NC1CCCC1)[C@H](c1ccc(Cl)cc1)N(C[C@@H]1COc2ccccc2O1)C(=O)CCl. The van der Waals surface area contributed by atoms with Gasteiger partial charge in [-0.25, -0.2) is 0 Å². The molecular weight excluding hydrogens is 451 g/mol. The first kappa shape index (κ1) is 22.7. The molecule has 8 heteroatoms. The van der Waals surface area contributed by atoms with Crippen molar-refractivity contribution in [1.82, 2.24) is 10.2 Å². The summed E-state index contributed by atoms with van der Waals surface area (Å²) in [4.78, 5) is 27.9. The number of nitrogens with zero attached hydrogens (tertiary/aromatic N) is 1. The van der Waals surface area contributed by atoms with E-state index in [1.807, 2.05) is 24.3 Å². The average Bonchev–Trinajstić information content (AvgIpc) is 3.32. The van der Waals surface area contributed by atoms with E-state index in [2.05, 4.69) is 5.32 Å². The smallest absolute Gasteiger partial charge is 0.247 e. The quantitative estimate of drug-likeness (QED) is 0.603. The second-order valence-electron chi connectivity index (χ2n) is 8.12. The topological polar surface area (TPSA) is 67.9 Å². The van der Waals surface area contributed by atoms with Crippen LogP contribution in [0.15, 0.2) is 48.5 Å². The van der Waals surface area contributed by atoms with Gasteiger partial charge in [-0.3, -0.25) is 9.59 Å². The van der Waals surface area contributed by atoms with E-state index in [4.69, 9.17) is 32.7 Å². The molecule has 0 radical (unpaired) electrons. The number of rotatable bonds is 7. The van der Waals surface area contributed by atoms with Crippen molar-refractivity contribution >= 4 is 35.0 Å². The molecule has 32 heavy (non-hydrogen) atoms. The highest BCUT2D eigenvalue weighted by Crippen LogP contribution is 2.32. The first-order valence-corrected chi connectivity index (χ1v) is 11.8. The van der Waals surface area contributed by atoms with Crippen LogP contribution in [0.5, 0.6) is 11.5 Å².